The number of rotatable bonds is 5. The Morgan fingerprint density at radius 3 is 2.76 bits per heavy atom. The van der Waals surface area contributed by atoms with Gasteiger partial charge in [-0.1, -0.05) is 30.0 Å². The van der Waals surface area contributed by atoms with Crippen LogP contribution >= 0.6 is 35.3 Å². The summed E-state index contributed by atoms with van der Waals surface area (Å²) in [6.07, 6.45) is 2.99. The van der Waals surface area contributed by atoms with Crippen molar-refractivity contribution in [2.24, 2.45) is 0 Å². The largest absolute Gasteiger partial charge is 0.340 e. The lowest BCUT2D eigenvalue weighted by atomic mass is 10.2. The van der Waals surface area contributed by atoms with E-state index in [0.717, 1.165) is 31.1 Å². The Kier molecular flexibility index (Phi) is 6.27. The first-order valence-corrected chi connectivity index (χ1v) is 10.4. The van der Waals surface area contributed by atoms with Crippen LogP contribution in [0, 0.1) is 0 Å². The van der Waals surface area contributed by atoms with Gasteiger partial charge in [0.05, 0.1) is 4.91 Å². The predicted molar refractivity (Wildman–Crippen MR) is 108 cm³/mol. The van der Waals surface area contributed by atoms with Gasteiger partial charge in [-0.15, -0.1) is 11.3 Å². The Labute approximate surface area is 161 Å². The zero-order valence-corrected chi connectivity index (χ0v) is 16.6. The fraction of sp³-hybridized carbons (Fsp3) is 0.471. The standard InChI is InChI=1S/C17H21N3O2S3/c1-18-7-9-19(10-8-18)15(21)5-2-6-20-16(22)14(25-17(20)23)12-13-4-3-11-24-13/h3-4,11-12H,2,5-10H2,1H3. The third-order valence-corrected chi connectivity index (χ3v) is 6.52. The van der Waals surface area contributed by atoms with Crippen molar-refractivity contribution < 1.29 is 9.59 Å². The second kappa shape index (κ2) is 8.44. The van der Waals surface area contributed by atoms with Crippen molar-refractivity contribution in [2.75, 3.05) is 39.8 Å². The van der Waals surface area contributed by atoms with Crippen LogP contribution in [0.5, 0.6) is 0 Å². The molecule has 0 unspecified atom stereocenters. The van der Waals surface area contributed by atoms with E-state index in [-0.39, 0.29) is 11.8 Å². The van der Waals surface area contributed by atoms with Crippen molar-refractivity contribution in [1.29, 1.82) is 0 Å². The summed E-state index contributed by atoms with van der Waals surface area (Å²) in [6, 6.07) is 3.94. The van der Waals surface area contributed by atoms with E-state index >= 15 is 0 Å². The Morgan fingerprint density at radius 1 is 1.32 bits per heavy atom. The molecule has 2 aliphatic heterocycles. The summed E-state index contributed by atoms with van der Waals surface area (Å²) >= 11 is 8.27. The average Bonchev–Trinajstić information content (AvgIpc) is 3.19. The van der Waals surface area contributed by atoms with E-state index in [9.17, 15) is 9.59 Å². The van der Waals surface area contributed by atoms with Crippen molar-refractivity contribution in [3.63, 3.8) is 0 Å². The lowest BCUT2D eigenvalue weighted by Gasteiger charge is -2.32. The monoisotopic (exact) mass is 395 g/mol. The predicted octanol–water partition coefficient (Wildman–Crippen LogP) is 2.50. The molecule has 0 bridgehead atoms. The lowest BCUT2D eigenvalue weighted by molar-refractivity contribution is -0.133. The summed E-state index contributed by atoms with van der Waals surface area (Å²) in [5.41, 5.74) is 0. The van der Waals surface area contributed by atoms with E-state index in [4.69, 9.17) is 12.2 Å². The van der Waals surface area contributed by atoms with Gasteiger partial charge in [0, 0.05) is 44.0 Å². The minimum Gasteiger partial charge on any atom is -0.340 e. The molecule has 0 aliphatic carbocycles. The van der Waals surface area contributed by atoms with Crippen LogP contribution in [0.3, 0.4) is 0 Å². The Hall–Kier alpha value is -1.22. The summed E-state index contributed by atoms with van der Waals surface area (Å²) in [7, 11) is 2.07. The van der Waals surface area contributed by atoms with Gasteiger partial charge in [0.15, 0.2) is 0 Å². The molecule has 0 atom stereocenters. The fourth-order valence-corrected chi connectivity index (χ4v) is 4.83. The molecule has 0 aromatic carbocycles. The number of hydrogen-bond acceptors (Lipinski definition) is 6. The lowest BCUT2D eigenvalue weighted by Crippen LogP contribution is -2.47. The molecule has 2 amide bonds. The average molecular weight is 396 g/mol. The number of thioether (sulfide) groups is 1. The summed E-state index contributed by atoms with van der Waals surface area (Å²) in [4.78, 5) is 32.3. The van der Waals surface area contributed by atoms with Crippen LogP contribution in [0.2, 0.25) is 0 Å². The van der Waals surface area contributed by atoms with Gasteiger partial charge in [-0.3, -0.25) is 14.5 Å². The van der Waals surface area contributed by atoms with Gasteiger partial charge in [0.25, 0.3) is 5.91 Å². The first-order valence-electron chi connectivity index (χ1n) is 8.30. The van der Waals surface area contributed by atoms with Crippen molar-refractivity contribution in [2.45, 2.75) is 12.8 Å². The second-order valence-corrected chi connectivity index (χ2v) is 8.79. The number of thiophene rings is 1. The molecule has 1 aromatic rings. The van der Waals surface area contributed by atoms with Crippen molar-refractivity contribution >= 4 is 57.5 Å². The highest BCUT2D eigenvalue weighted by Crippen LogP contribution is 2.33. The van der Waals surface area contributed by atoms with E-state index in [1.807, 2.05) is 28.5 Å². The number of likely N-dealkylation sites (N-methyl/N-ethyl adjacent to an activating group) is 1. The third kappa shape index (κ3) is 4.69. The molecule has 2 saturated heterocycles. The Balaban J connectivity index is 1.49. The van der Waals surface area contributed by atoms with Crippen LogP contribution < -0.4 is 0 Å². The number of hydrogen-bond donors (Lipinski definition) is 0. The maximum Gasteiger partial charge on any atom is 0.266 e. The third-order valence-electron chi connectivity index (χ3n) is 4.32. The van der Waals surface area contributed by atoms with Crippen LogP contribution in [0.4, 0.5) is 0 Å². The highest BCUT2D eigenvalue weighted by Gasteiger charge is 2.31. The Morgan fingerprint density at radius 2 is 2.08 bits per heavy atom. The molecule has 5 nitrogen and oxygen atoms in total. The molecule has 0 saturated carbocycles. The minimum atomic E-state index is -0.0459. The number of amides is 2. The van der Waals surface area contributed by atoms with Gasteiger partial charge in [-0.25, -0.2) is 0 Å². The van der Waals surface area contributed by atoms with Crippen molar-refractivity contribution in [3.8, 4) is 0 Å². The van der Waals surface area contributed by atoms with E-state index in [1.165, 1.54) is 11.8 Å². The van der Waals surface area contributed by atoms with Gasteiger partial charge in [0.2, 0.25) is 5.91 Å². The quantitative estimate of drug-likeness (QED) is 0.566. The first-order chi connectivity index (χ1) is 12.0. The molecule has 2 aliphatic rings. The summed E-state index contributed by atoms with van der Waals surface area (Å²) in [6.45, 7) is 3.94. The van der Waals surface area contributed by atoms with Gasteiger partial charge in [-0.05, 0) is 31.0 Å². The number of carbonyl (C=O) groups is 2. The van der Waals surface area contributed by atoms with Crippen LogP contribution in [0.15, 0.2) is 22.4 Å². The molecule has 25 heavy (non-hydrogen) atoms. The maximum absolute atomic E-state index is 12.5. The zero-order valence-electron chi connectivity index (χ0n) is 14.1. The molecule has 0 radical (unpaired) electrons. The Bertz CT molecular complexity index is 679. The number of carbonyl (C=O) groups excluding carboxylic acids is 2. The van der Waals surface area contributed by atoms with Crippen LogP contribution in [-0.4, -0.2) is 70.6 Å². The molecule has 3 rings (SSSR count). The minimum absolute atomic E-state index is 0.0459. The topological polar surface area (TPSA) is 43.9 Å². The molecular weight excluding hydrogens is 374 g/mol. The number of piperazine rings is 1. The molecule has 2 fully saturated rings. The fourth-order valence-electron chi connectivity index (χ4n) is 2.80. The maximum atomic E-state index is 12.5. The van der Waals surface area contributed by atoms with E-state index in [1.54, 1.807) is 16.2 Å². The van der Waals surface area contributed by atoms with Gasteiger partial charge >= 0.3 is 0 Å². The summed E-state index contributed by atoms with van der Waals surface area (Å²) in [5, 5.41) is 1.98. The summed E-state index contributed by atoms with van der Waals surface area (Å²) in [5.74, 6) is 0.128. The van der Waals surface area contributed by atoms with Crippen LogP contribution in [0.25, 0.3) is 6.08 Å². The van der Waals surface area contributed by atoms with Crippen LogP contribution in [0.1, 0.15) is 17.7 Å². The molecule has 0 N–H and O–H groups in total. The molecule has 0 spiro atoms. The highest BCUT2D eigenvalue weighted by atomic mass is 32.2. The zero-order chi connectivity index (χ0) is 17.8. The summed E-state index contributed by atoms with van der Waals surface area (Å²) < 4.78 is 0.583. The first kappa shape index (κ1) is 18.6. The van der Waals surface area contributed by atoms with Gasteiger partial charge < -0.3 is 9.80 Å². The smallest absolute Gasteiger partial charge is 0.266 e. The highest BCUT2D eigenvalue weighted by molar-refractivity contribution is 8.26. The normalized spacial score (nSPS) is 20.8. The van der Waals surface area contributed by atoms with E-state index in [2.05, 4.69) is 11.9 Å². The van der Waals surface area contributed by atoms with Crippen molar-refractivity contribution in [3.05, 3.63) is 27.3 Å². The molecule has 3 heterocycles. The van der Waals surface area contributed by atoms with Crippen molar-refractivity contribution in [1.82, 2.24) is 14.7 Å². The molecule has 8 heteroatoms. The molecular formula is C17H21N3O2S3. The number of thiocarbonyl (C=S) groups is 1. The van der Waals surface area contributed by atoms with Crippen LogP contribution in [-0.2, 0) is 9.59 Å². The van der Waals surface area contributed by atoms with Gasteiger partial charge in [0.1, 0.15) is 4.32 Å². The molecule has 1 aromatic heterocycles. The van der Waals surface area contributed by atoms with Gasteiger partial charge in [-0.2, -0.15) is 0 Å². The van der Waals surface area contributed by atoms with E-state index in [0.29, 0.717) is 28.6 Å². The number of nitrogens with zero attached hydrogens (tertiary/aromatic N) is 3. The SMILES string of the molecule is CN1CCN(C(=O)CCCN2C(=O)C(=Cc3cccs3)SC2=S)CC1. The molecule has 134 valence electrons. The second-order valence-electron chi connectivity index (χ2n) is 6.14. The van der Waals surface area contributed by atoms with E-state index < -0.39 is 0 Å².